The summed E-state index contributed by atoms with van der Waals surface area (Å²) in [5.74, 6) is 0.960. The normalized spacial score (nSPS) is 15.3. The molecule has 0 amide bonds. The van der Waals surface area contributed by atoms with Gasteiger partial charge in [0.25, 0.3) is 0 Å². The molecule has 0 saturated carbocycles. The van der Waals surface area contributed by atoms with E-state index in [9.17, 15) is 0 Å². The van der Waals surface area contributed by atoms with Gasteiger partial charge in [-0.25, -0.2) is 4.98 Å². The summed E-state index contributed by atoms with van der Waals surface area (Å²) in [5.41, 5.74) is 0.788. The van der Waals surface area contributed by atoms with E-state index in [0.717, 1.165) is 15.5 Å². The largest absolute Gasteiger partial charge is 0.319 e. The van der Waals surface area contributed by atoms with Gasteiger partial charge in [-0.3, -0.25) is 0 Å². The van der Waals surface area contributed by atoms with E-state index in [4.69, 9.17) is 35.4 Å². The highest BCUT2D eigenvalue weighted by atomic mass is 35.5. The number of thiocarbonyl (C=S) groups is 1. The lowest BCUT2D eigenvalue weighted by Gasteiger charge is -2.25. The molecule has 3 atom stereocenters. The van der Waals surface area contributed by atoms with Gasteiger partial charge in [0.05, 0.1) is 15.8 Å². The highest BCUT2D eigenvalue weighted by Crippen LogP contribution is 2.43. The van der Waals surface area contributed by atoms with Crippen LogP contribution in [-0.2, 0) is 0 Å². The Labute approximate surface area is 156 Å². The number of hydrogen-bond acceptors (Lipinski definition) is 4. The van der Waals surface area contributed by atoms with Crippen molar-refractivity contribution >= 4 is 64.0 Å². The molecule has 0 saturated heterocycles. The molecular formula is C15H16Cl2N2S3. The van der Waals surface area contributed by atoms with Crippen molar-refractivity contribution in [2.24, 2.45) is 5.92 Å². The van der Waals surface area contributed by atoms with E-state index in [-0.39, 0.29) is 16.7 Å². The van der Waals surface area contributed by atoms with Crippen molar-refractivity contribution in [3.8, 4) is 0 Å². The molecule has 0 radical (unpaired) electrons. The van der Waals surface area contributed by atoms with Crippen molar-refractivity contribution in [3.63, 3.8) is 0 Å². The van der Waals surface area contributed by atoms with Gasteiger partial charge in [-0.05, 0) is 23.4 Å². The zero-order chi connectivity index (χ0) is 16.1. The molecular weight excluding hydrogens is 375 g/mol. The maximum atomic E-state index is 6.67. The predicted octanol–water partition coefficient (Wildman–Crippen LogP) is 5.64. The first-order valence-corrected chi connectivity index (χ1v) is 9.44. The van der Waals surface area contributed by atoms with Crippen molar-refractivity contribution < 1.29 is 0 Å². The van der Waals surface area contributed by atoms with E-state index in [1.165, 1.54) is 0 Å². The first kappa shape index (κ1) is 18.1. The molecule has 0 spiro atoms. The van der Waals surface area contributed by atoms with Crippen LogP contribution >= 0.6 is 59.8 Å². The molecule has 2 nitrogen and oxygen atoms in total. The monoisotopic (exact) mass is 390 g/mol. The van der Waals surface area contributed by atoms with Crippen molar-refractivity contribution in [2.75, 3.05) is 5.75 Å². The van der Waals surface area contributed by atoms with E-state index < -0.39 is 0 Å². The molecule has 1 aromatic heterocycles. The van der Waals surface area contributed by atoms with Gasteiger partial charge >= 0.3 is 0 Å². The molecule has 0 fully saturated rings. The molecule has 1 heterocycles. The summed E-state index contributed by atoms with van der Waals surface area (Å²) in [6, 6.07) is 7.71. The number of hydrogen-bond donors (Lipinski definition) is 1. The van der Waals surface area contributed by atoms with Gasteiger partial charge in [0.1, 0.15) is 5.50 Å². The number of halogens is 2. The van der Waals surface area contributed by atoms with Crippen molar-refractivity contribution in [3.05, 3.63) is 53.6 Å². The number of benzene rings is 1. The summed E-state index contributed by atoms with van der Waals surface area (Å²) in [7, 11) is 0. The average Bonchev–Trinajstić information content (AvgIpc) is 3.06. The molecule has 0 bridgehead atoms. The van der Waals surface area contributed by atoms with Crippen LogP contribution in [0.4, 0.5) is 0 Å². The molecule has 22 heavy (non-hydrogen) atoms. The average molecular weight is 391 g/mol. The van der Waals surface area contributed by atoms with Crippen LogP contribution in [0.25, 0.3) is 0 Å². The quantitative estimate of drug-likeness (QED) is 0.390. The summed E-state index contributed by atoms with van der Waals surface area (Å²) in [6.45, 7) is 2.07. The van der Waals surface area contributed by atoms with Crippen molar-refractivity contribution in [1.82, 2.24) is 9.55 Å². The summed E-state index contributed by atoms with van der Waals surface area (Å²) in [6.07, 6.45) is 5.28. The molecule has 2 rings (SSSR count). The number of imidazole rings is 1. The summed E-state index contributed by atoms with van der Waals surface area (Å²) < 4.78 is 2.78. The van der Waals surface area contributed by atoms with Crippen molar-refractivity contribution in [1.29, 1.82) is 0 Å². The summed E-state index contributed by atoms with van der Waals surface area (Å²) >= 11 is 24.1. The second kappa shape index (κ2) is 8.60. The van der Waals surface area contributed by atoms with E-state index in [2.05, 4.69) is 24.5 Å². The third-order valence-corrected chi connectivity index (χ3v) is 6.71. The van der Waals surface area contributed by atoms with Gasteiger partial charge in [0, 0.05) is 23.3 Å². The minimum Gasteiger partial charge on any atom is -0.319 e. The van der Waals surface area contributed by atoms with Gasteiger partial charge < -0.3 is 4.57 Å². The molecule has 0 N–H and O–H groups in total. The lowest BCUT2D eigenvalue weighted by Crippen LogP contribution is -2.14. The van der Waals surface area contributed by atoms with Gasteiger partial charge in [-0.2, -0.15) is 12.6 Å². The second-order valence-electron chi connectivity index (χ2n) is 4.88. The Morgan fingerprint density at radius 1 is 1.41 bits per heavy atom. The maximum Gasteiger partial charge on any atom is 0.125 e. The molecule has 7 heteroatoms. The van der Waals surface area contributed by atoms with E-state index in [0.29, 0.717) is 5.02 Å². The number of thiol groups is 1. The SMILES string of the molecule is CC(CS)C(=S)SC(c1ccc(Cl)cc1)C(Cl)n1ccnc1. The van der Waals surface area contributed by atoms with Crippen LogP contribution in [0.2, 0.25) is 5.02 Å². The van der Waals surface area contributed by atoms with Crippen LogP contribution in [0.1, 0.15) is 23.2 Å². The first-order chi connectivity index (χ1) is 10.5. The van der Waals surface area contributed by atoms with Gasteiger partial charge in [0.15, 0.2) is 0 Å². The number of alkyl halides is 1. The van der Waals surface area contributed by atoms with E-state index >= 15 is 0 Å². The molecule has 1 aromatic carbocycles. The highest BCUT2D eigenvalue weighted by molar-refractivity contribution is 8.23. The fourth-order valence-corrected chi connectivity index (χ4v) is 4.30. The Bertz CT molecular complexity index is 602. The highest BCUT2D eigenvalue weighted by Gasteiger charge is 2.26. The fourth-order valence-electron chi connectivity index (χ4n) is 1.82. The zero-order valence-electron chi connectivity index (χ0n) is 11.9. The number of aromatic nitrogens is 2. The van der Waals surface area contributed by atoms with Crippen LogP contribution in [0.15, 0.2) is 43.0 Å². The molecule has 2 aromatic rings. The zero-order valence-corrected chi connectivity index (χ0v) is 15.9. The summed E-state index contributed by atoms with van der Waals surface area (Å²) in [4.78, 5) is 4.07. The number of thioether (sulfide) groups is 1. The Kier molecular flexibility index (Phi) is 7.09. The minimum atomic E-state index is -0.293. The van der Waals surface area contributed by atoms with E-state index in [1.807, 2.05) is 35.0 Å². The Hall–Kier alpha value is -0.200. The van der Waals surface area contributed by atoms with Crippen molar-refractivity contribution in [2.45, 2.75) is 17.7 Å². The van der Waals surface area contributed by atoms with Crippen LogP contribution < -0.4 is 0 Å². The first-order valence-electron chi connectivity index (χ1n) is 6.71. The molecule has 118 valence electrons. The Balaban J connectivity index is 2.27. The maximum absolute atomic E-state index is 6.67. The van der Waals surface area contributed by atoms with E-state index in [1.54, 1.807) is 24.3 Å². The second-order valence-corrected chi connectivity index (χ2v) is 8.01. The van der Waals surface area contributed by atoms with Crippen LogP contribution in [0, 0.1) is 5.92 Å². The number of rotatable bonds is 6. The third-order valence-electron chi connectivity index (χ3n) is 3.18. The number of nitrogens with zero attached hydrogens (tertiary/aromatic N) is 2. The molecule has 3 unspecified atom stereocenters. The molecule has 0 aliphatic heterocycles. The topological polar surface area (TPSA) is 17.8 Å². The lowest BCUT2D eigenvalue weighted by molar-refractivity contribution is 0.652. The Morgan fingerprint density at radius 2 is 2.09 bits per heavy atom. The molecule has 0 aliphatic carbocycles. The third kappa shape index (κ3) is 4.65. The van der Waals surface area contributed by atoms with Gasteiger partial charge in [-0.1, -0.05) is 54.5 Å². The fraction of sp³-hybridized carbons (Fsp3) is 0.333. The predicted molar refractivity (Wildman–Crippen MR) is 105 cm³/mol. The smallest absolute Gasteiger partial charge is 0.125 e. The van der Waals surface area contributed by atoms with Gasteiger partial charge in [-0.15, -0.1) is 11.8 Å². The Morgan fingerprint density at radius 3 is 2.64 bits per heavy atom. The lowest BCUT2D eigenvalue weighted by atomic mass is 10.1. The minimum absolute atomic E-state index is 0.0250. The standard InChI is InChI=1S/C15H16Cl2N2S3/c1-10(8-20)15(21)22-13(11-2-4-12(16)5-3-11)14(17)19-7-6-18-9-19/h2-7,9-10,13-14,20H,8H2,1H3. The van der Waals surface area contributed by atoms with Crippen LogP contribution in [0.3, 0.4) is 0 Å². The van der Waals surface area contributed by atoms with Crippen LogP contribution in [-0.4, -0.2) is 19.5 Å². The van der Waals surface area contributed by atoms with Crippen LogP contribution in [0.5, 0.6) is 0 Å². The molecule has 0 aliphatic rings. The van der Waals surface area contributed by atoms with Gasteiger partial charge in [0.2, 0.25) is 0 Å². The summed E-state index contributed by atoms with van der Waals surface area (Å²) in [5, 5.41) is 0.676.